The monoisotopic (exact) mass is 251 g/mol. The zero-order valence-corrected chi connectivity index (χ0v) is 11.7. The first-order valence-electron chi connectivity index (χ1n) is 7.98. The van der Waals surface area contributed by atoms with Crippen molar-refractivity contribution in [3.63, 3.8) is 0 Å². The van der Waals surface area contributed by atoms with Crippen molar-refractivity contribution in [2.45, 2.75) is 51.0 Å². The second kappa shape index (κ2) is 5.48. The summed E-state index contributed by atoms with van der Waals surface area (Å²) in [6.45, 7) is 7.29. The van der Waals surface area contributed by atoms with Crippen LogP contribution >= 0.6 is 0 Å². The number of nitrogens with zero attached hydrogens (tertiary/aromatic N) is 2. The molecule has 0 aromatic carbocycles. The molecule has 0 bridgehead atoms. The second-order valence-electron chi connectivity index (χ2n) is 6.87. The van der Waals surface area contributed by atoms with Gasteiger partial charge < -0.3 is 10.6 Å². The zero-order valence-electron chi connectivity index (χ0n) is 11.7. The first-order valence-corrected chi connectivity index (χ1v) is 7.98. The molecule has 0 unspecified atom stereocenters. The lowest BCUT2D eigenvalue weighted by atomic mass is 9.79. The molecule has 1 saturated carbocycles. The molecular formula is C15H29N3. The molecule has 0 aromatic heterocycles. The third kappa shape index (κ3) is 2.59. The van der Waals surface area contributed by atoms with Crippen molar-refractivity contribution < 1.29 is 0 Å². The number of hydrogen-bond acceptors (Lipinski definition) is 3. The molecule has 0 atom stereocenters. The Labute approximate surface area is 112 Å². The van der Waals surface area contributed by atoms with Gasteiger partial charge in [-0.25, -0.2) is 0 Å². The van der Waals surface area contributed by atoms with Crippen LogP contribution in [0.3, 0.4) is 0 Å². The van der Waals surface area contributed by atoms with E-state index in [2.05, 4.69) is 9.80 Å². The summed E-state index contributed by atoms with van der Waals surface area (Å²) in [5.41, 5.74) is 6.29. The van der Waals surface area contributed by atoms with E-state index in [0.717, 1.165) is 19.1 Å². The first-order chi connectivity index (χ1) is 8.81. The van der Waals surface area contributed by atoms with Crippen LogP contribution in [-0.2, 0) is 0 Å². The Kier molecular flexibility index (Phi) is 3.92. The molecule has 2 aliphatic heterocycles. The van der Waals surface area contributed by atoms with E-state index in [-0.39, 0.29) is 0 Å². The van der Waals surface area contributed by atoms with Crippen molar-refractivity contribution in [2.75, 3.05) is 39.3 Å². The Hall–Kier alpha value is -0.120. The predicted molar refractivity (Wildman–Crippen MR) is 75.6 cm³/mol. The summed E-state index contributed by atoms with van der Waals surface area (Å²) in [4.78, 5) is 5.36. The molecule has 3 fully saturated rings. The number of rotatable bonds is 3. The summed E-state index contributed by atoms with van der Waals surface area (Å²) < 4.78 is 0. The molecule has 104 valence electrons. The molecule has 18 heavy (non-hydrogen) atoms. The highest BCUT2D eigenvalue weighted by Crippen LogP contribution is 2.41. The molecule has 2 heterocycles. The van der Waals surface area contributed by atoms with E-state index in [1.165, 1.54) is 71.1 Å². The van der Waals surface area contributed by atoms with Gasteiger partial charge in [0.1, 0.15) is 0 Å². The van der Waals surface area contributed by atoms with Crippen LogP contribution in [-0.4, -0.2) is 55.1 Å². The SMILES string of the molecule is NCCN1CC2(CCN(C3CCCCCC3)C2)C1. The predicted octanol–water partition coefficient (Wildman–Crippen LogP) is 1.68. The minimum absolute atomic E-state index is 0.654. The molecule has 0 aromatic rings. The lowest BCUT2D eigenvalue weighted by Gasteiger charge is -2.48. The van der Waals surface area contributed by atoms with Gasteiger partial charge in [0.25, 0.3) is 0 Å². The molecule has 2 saturated heterocycles. The van der Waals surface area contributed by atoms with Crippen molar-refractivity contribution in [3.8, 4) is 0 Å². The molecule has 0 amide bonds. The van der Waals surface area contributed by atoms with Gasteiger partial charge in [0.05, 0.1) is 0 Å². The van der Waals surface area contributed by atoms with Gasteiger partial charge in [-0.3, -0.25) is 4.90 Å². The Morgan fingerprint density at radius 1 is 1.00 bits per heavy atom. The summed E-state index contributed by atoms with van der Waals surface area (Å²) in [5.74, 6) is 0. The van der Waals surface area contributed by atoms with Crippen LogP contribution in [0.5, 0.6) is 0 Å². The topological polar surface area (TPSA) is 32.5 Å². The van der Waals surface area contributed by atoms with Gasteiger partial charge in [0.2, 0.25) is 0 Å². The van der Waals surface area contributed by atoms with Gasteiger partial charge >= 0.3 is 0 Å². The van der Waals surface area contributed by atoms with Crippen LogP contribution in [0.15, 0.2) is 0 Å². The van der Waals surface area contributed by atoms with Crippen LogP contribution in [0, 0.1) is 5.41 Å². The highest BCUT2D eigenvalue weighted by molar-refractivity contribution is 5.02. The minimum Gasteiger partial charge on any atom is -0.329 e. The molecule has 3 heteroatoms. The fourth-order valence-electron chi connectivity index (χ4n) is 4.41. The largest absolute Gasteiger partial charge is 0.329 e. The van der Waals surface area contributed by atoms with Gasteiger partial charge in [-0.15, -0.1) is 0 Å². The van der Waals surface area contributed by atoms with E-state index in [1.807, 2.05) is 0 Å². The van der Waals surface area contributed by atoms with Gasteiger partial charge in [0.15, 0.2) is 0 Å². The third-order valence-electron chi connectivity index (χ3n) is 5.37. The molecule has 3 nitrogen and oxygen atoms in total. The summed E-state index contributed by atoms with van der Waals surface area (Å²) in [5, 5.41) is 0. The highest BCUT2D eigenvalue weighted by atomic mass is 15.3. The van der Waals surface area contributed by atoms with Crippen LogP contribution in [0.4, 0.5) is 0 Å². The zero-order chi connectivity index (χ0) is 12.4. The fourth-order valence-corrected chi connectivity index (χ4v) is 4.41. The minimum atomic E-state index is 0.654. The maximum Gasteiger partial charge on any atom is 0.0105 e. The van der Waals surface area contributed by atoms with E-state index in [1.54, 1.807) is 0 Å². The fraction of sp³-hybridized carbons (Fsp3) is 1.00. The summed E-state index contributed by atoms with van der Waals surface area (Å²) in [6.07, 6.45) is 10.2. The van der Waals surface area contributed by atoms with Crippen molar-refractivity contribution in [3.05, 3.63) is 0 Å². The number of nitrogens with two attached hydrogens (primary N) is 1. The normalized spacial score (nSPS) is 30.5. The van der Waals surface area contributed by atoms with Crippen LogP contribution in [0.25, 0.3) is 0 Å². The Bertz CT molecular complexity index is 265. The van der Waals surface area contributed by atoms with E-state index >= 15 is 0 Å². The summed E-state index contributed by atoms with van der Waals surface area (Å²) >= 11 is 0. The van der Waals surface area contributed by atoms with Gasteiger partial charge in [-0.2, -0.15) is 0 Å². The lowest BCUT2D eigenvalue weighted by Crippen LogP contribution is -2.58. The Morgan fingerprint density at radius 3 is 2.39 bits per heavy atom. The third-order valence-corrected chi connectivity index (χ3v) is 5.37. The van der Waals surface area contributed by atoms with E-state index in [4.69, 9.17) is 5.73 Å². The smallest absolute Gasteiger partial charge is 0.0105 e. The van der Waals surface area contributed by atoms with Gasteiger partial charge in [-0.05, 0) is 25.8 Å². The molecule has 3 rings (SSSR count). The molecule has 3 aliphatic rings. The molecule has 1 aliphatic carbocycles. The molecular weight excluding hydrogens is 222 g/mol. The number of hydrogen-bond donors (Lipinski definition) is 1. The van der Waals surface area contributed by atoms with Gasteiger partial charge in [-0.1, -0.05) is 25.7 Å². The van der Waals surface area contributed by atoms with Crippen LogP contribution in [0.1, 0.15) is 44.9 Å². The summed E-state index contributed by atoms with van der Waals surface area (Å²) in [6, 6.07) is 0.912. The van der Waals surface area contributed by atoms with Crippen molar-refractivity contribution >= 4 is 0 Å². The Morgan fingerprint density at radius 2 is 1.72 bits per heavy atom. The van der Waals surface area contributed by atoms with Crippen LogP contribution < -0.4 is 5.73 Å². The second-order valence-corrected chi connectivity index (χ2v) is 6.87. The molecule has 1 spiro atoms. The van der Waals surface area contributed by atoms with Crippen LogP contribution in [0.2, 0.25) is 0 Å². The average molecular weight is 251 g/mol. The van der Waals surface area contributed by atoms with E-state index < -0.39 is 0 Å². The van der Waals surface area contributed by atoms with Crippen molar-refractivity contribution in [1.29, 1.82) is 0 Å². The van der Waals surface area contributed by atoms with E-state index in [9.17, 15) is 0 Å². The van der Waals surface area contributed by atoms with Gasteiger partial charge in [0, 0.05) is 44.2 Å². The maximum absolute atomic E-state index is 5.64. The lowest BCUT2D eigenvalue weighted by molar-refractivity contribution is 0.00704. The highest BCUT2D eigenvalue weighted by Gasteiger charge is 2.48. The standard InChI is InChI=1S/C15H29N3/c16-8-10-17-11-15(12-17)7-9-18(13-15)14-5-3-1-2-4-6-14/h14H,1-13,16H2. The van der Waals surface area contributed by atoms with E-state index in [0.29, 0.717) is 5.41 Å². The number of likely N-dealkylation sites (tertiary alicyclic amines) is 2. The maximum atomic E-state index is 5.64. The average Bonchev–Trinajstić information content (AvgIpc) is 2.59. The molecule has 0 radical (unpaired) electrons. The Balaban J connectivity index is 1.49. The van der Waals surface area contributed by atoms with Crippen molar-refractivity contribution in [1.82, 2.24) is 9.80 Å². The first kappa shape index (κ1) is 12.9. The van der Waals surface area contributed by atoms with Crippen molar-refractivity contribution in [2.24, 2.45) is 11.1 Å². The quantitative estimate of drug-likeness (QED) is 0.775. The summed E-state index contributed by atoms with van der Waals surface area (Å²) in [7, 11) is 0. The molecule has 2 N–H and O–H groups in total.